The van der Waals surface area contributed by atoms with Gasteiger partial charge in [0.05, 0.1) is 19.3 Å². The smallest absolute Gasteiger partial charge is 0.144 e. The Labute approximate surface area is 132 Å². The Bertz CT molecular complexity index is 670. The van der Waals surface area contributed by atoms with Crippen LogP contribution in [0.5, 0.6) is 0 Å². The van der Waals surface area contributed by atoms with Gasteiger partial charge in [0.15, 0.2) is 0 Å². The van der Waals surface area contributed by atoms with Gasteiger partial charge in [-0.1, -0.05) is 17.7 Å². The topological polar surface area (TPSA) is 64.3 Å². The summed E-state index contributed by atoms with van der Waals surface area (Å²) >= 11 is 6.11. The summed E-state index contributed by atoms with van der Waals surface area (Å²) in [6.07, 6.45) is 1.45. The molecule has 2 aromatic rings. The molecule has 0 radical (unpaired) electrons. The summed E-state index contributed by atoms with van der Waals surface area (Å²) in [6.45, 7) is 2.57. The number of hydrogen-bond acceptors (Lipinski definition) is 5. The normalized spacial score (nSPS) is 19.3. The van der Waals surface area contributed by atoms with E-state index in [1.807, 2.05) is 0 Å². The molecule has 1 aliphatic heterocycles. The maximum atomic E-state index is 13.2. The summed E-state index contributed by atoms with van der Waals surface area (Å²) < 4.78 is 18.9. The summed E-state index contributed by atoms with van der Waals surface area (Å²) in [7, 11) is 0. The lowest BCUT2D eigenvalue weighted by atomic mass is 10.1. The van der Waals surface area contributed by atoms with Gasteiger partial charge in [-0.15, -0.1) is 0 Å². The minimum Gasteiger partial charge on any atom is -0.384 e. The molecule has 22 heavy (non-hydrogen) atoms. The highest BCUT2D eigenvalue weighted by Crippen LogP contribution is 2.29. The molecule has 1 aliphatic rings. The van der Waals surface area contributed by atoms with Gasteiger partial charge >= 0.3 is 0 Å². The third kappa shape index (κ3) is 3.52. The third-order valence-electron chi connectivity index (χ3n) is 3.55. The second-order valence-electron chi connectivity index (χ2n) is 5.16. The molecule has 1 fully saturated rings. The number of rotatable bonds is 3. The lowest BCUT2D eigenvalue weighted by Gasteiger charge is -2.33. The van der Waals surface area contributed by atoms with Gasteiger partial charge in [0.25, 0.3) is 0 Å². The Kier molecular flexibility index (Phi) is 4.52. The molecule has 5 nitrogen and oxygen atoms in total. The van der Waals surface area contributed by atoms with Crippen molar-refractivity contribution in [3.8, 4) is 0 Å². The molecular formula is C15H16ClFN4O. The van der Waals surface area contributed by atoms with Crippen molar-refractivity contribution in [2.75, 3.05) is 25.4 Å². The van der Waals surface area contributed by atoms with E-state index in [2.05, 4.69) is 14.9 Å². The number of nitrogens with two attached hydrogens (primary N) is 1. The van der Waals surface area contributed by atoms with Crippen molar-refractivity contribution in [2.24, 2.45) is 0 Å². The molecule has 0 bridgehead atoms. The Hall–Kier alpha value is -1.76. The van der Waals surface area contributed by atoms with E-state index < -0.39 is 0 Å². The van der Waals surface area contributed by atoms with Gasteiger partial charge in [-0.25, -0.2) is 14.4 Å². The van der Waals surface area contributed by atoms with Crippen LogP contribution >= 0.6 is 11.6 Å². The van der Waals surface area contributed by atoms with Crippen molar-refractivity contribution < 1.29 is 9.13 Å². The van der Waals surface area contributed by atoms with E-state index >= 15 is 0 Å². The first kappa shape index (κ1) is 15.1. The number of nitrogens with zero attached hydrogens (tertiary/aromatic N) is 3. The molecule has 0 unspecified atom stereocenters. The predicted molar refractivity (Wildman–Crippen MR) is 81.8 cm³/mol. The van der Waals surface area contributed by atoms with Crippen molar-refractivity contribution in [1.29, 1.82) is 0 Å². The quantitative estimate of drug-likeness (QED) is 0.940. The first-order chi connectivity index (χ1) is 10.6. The second-order valence-corrected chi connectivity index (χ2v) is 5.57. The van der Waals surface area contributed by atoms with Gasteiger partial charge in [-0.2, -0.15) is 0 Å². The van der Waals surface area contributed by atoms with Crippen LogP contribution in [-0.4, -0.2) is 34.6 Å². The SMILES string of the molecule is Nc1ccnc(CN2CCO[C@@H](c3ccc(F)cc3Cl)C2)n1. The lowest BCUT2D eigenvalue weighted by molar-refractivity contribution is -0.0336. The first-order valence-corrected chi connectivity index (χ1v) is 7.36. The fraction of sp³-hybridized carbons (Fsp3) is 0.333. The largest absolute Gasteiger partial charge is 0.384 e. The fourth-order valence-corrected chi connectivity index (χ4v) is 2.78. The highest BCUT2D eigenvalue weighted by Gasteiger charge is 2.24. The van der Waals surface area contributed by atoms with Crippen LogP contribution in [0.1, 0.15) is 17.5 Å². The standard InChI is InChI=1S/C15H16ClFN4O/c16-12-7-10(17)1-2-11(12)13-8-21(5-6-22-13)9-15-19-4-3-14(18)20-15/h1-4,7,13H,5-6,8-9H2,(H2,18,19,20)/t13-/m1/s1. The first-order valence-electron chi connectivity index (χ1n) is 6.98. The Morgan fingerprint density at radius 2 is 2.27 bits per heavy atom. The van der Waals surface area contributed by atoms with Gasteiger partial charge < -0.3 is 10.5 Å². The molecule has 1 aromatic heterocycles. The van der Waals surface area contributed by atoms with E-state index in [1.165, 1.54) is 12.1 Å². The zero-order valence-electron chi connectivity index (χ0n) is 11.9. The number of nitrogen functional groups attached to an aromatic ring is 1. The van der Waals surface area contributed by atoms with Gasteiger partial charge in [-0.05, 0) is 18.2 Å². The van der Waals surface area contributed by atoms with Crippen LogP contribution in [-0.2, 0) is 11.3 Å². The fourth-order valence-electron chi connectivity index (χ4n) is 2.49. The minimum atomic E-state index is -0.352. The Morgan fingerprint density at radius 3 is 3.05 bits per heavy atom. The third-order valence-corrected chi connectivity index (χ3v) is 3.88. The van der Waals surface area contributed by atoms with E-state index in [9.17, 15) is 4.39 Å². The zero-order chi connectivity index (χ0) is 15.5. The van der Waals surface area contributed by atoms with Crippen LogP contribution in [0.2, 0.25) is 5.02 Å². The van der Waals surface area contributed by atoms with Crippen molar-refractivity contribution >= 4 is 17.4 Å². The molecule has 0 aliphatic carbocycles. The van der Waals surface area contributed by atoms with Gasteiger partial charge in [0.2, 0.25) is 0 Å². The molecule has 0 saturated carbocycles. The van der Waals surface area contributed by atoms with Crippen molar-refractivity contribution in [2.45, 2.75) is 12.6 Å². The van der Waals surface area contributed by atoms with Gasteiger partial charge in [-0.3, -0.25) is 4.90 Å². The number of aromatic nitrogens is 2. The average molecular weight is 323 g/mol. The Morgan fingerprint density at radius 1 is 1.41 bits per heavy atom. The number of benzene rings is 1. The number of morpholine rings is 1. The van der Waals surface area contributed by atoms with E-state index in [0.29, 0.717) is 36.4 Å². The average Bonchev–Trinajstić information content (AvgIpc) is 2.47. The van der Waals surface area contributed by atoms with Crippen LogP contribution < -0.4 is 5.73 Å². The number of anilines is 1. The minimum absolute atomic E-state index is 0.192. The summed E-state index contributed by atoms with van der Waals surface area (Å²) in [5, 5.41) is 0.382. The van der Waals surface area contributed by atoms with Crippen LogP contribution in [0.3, 0.4) is 0 Å². The molecule has 116 valence electrons. The molecular weight excluding hydrogens is 307 g/mol. The molecule has 2 heterocycles. The molecule has 3 rings (SSSR count). The van der Waals surface area contributed by atoms with E-state index in [1.54, 1.807) is 18.3 Å². The number of halogens is 2. The van der Waals surface area contributed by atoms with Crippen LogP contribution in [0.15, 0.2) is 30.5 Å². The predicted octanol–water partition coefficient (Wildman–Crippen LogP) is 2.42. The van der Waals surface area contributed by atoms with E-state index in [0.717, 1.165) is 12.1 Å². The van der Waals surface area contributed by atoms with Crippen molar-refractivity contribution in [3.63, 3.8) is 0 Å². The number of ether oxygens (including phenoxy) is 1. The Balaban J connectivity index is 1.71. The monoisotopic (exact) mass is 322 g/mol. The summed E-state index contributed by atoms with van der Waals surface area (Å²) in [4.78, 5) is 10.6. The maximum absolute atomic E-state index is 13.2. The summed E-state index contributed by atoms with van der Waals surface area (Å²) in [5.41, 5.74) is 6.46. The molecule has 0 amide bonds. The van der Waals surface area contributed by atoms with Crippen molar-refractivity contribution in [1.82, 2.24) is 14.9 Å². The number of hydrogen-bond donors (Lipinski definition) is 1. The molecule has 2 N–H and O–H groups in total. The molecule has 1 atom stereocenters. The van der Waals surface area contributed by atoms with E-state index in [4.69, 9.17) is 22.1 Å². The molecule has 1 aromatic carbocycles. The van der Waals surface area contributed by atoms with Crippen LogP contribution in [0.25, 0.3) is 0 Å². The lowest BCUT2D eigenvalue weighted by Crippen LogP contribution is -2.38. The summed E-state index contributed by atoms with van der Waals surface area (Å²) in [5.74, 6) is 0.775. The maximum Gasteiger partial charge on any atom is 0.144 e. The van der Waals surface area contributed by atoms with Gasteiger partial charge in [0.1, 0.15) is 17.5 Å². The van der Waals surface area contributed by atoms with Crippen LogP contribution in [0.4, 0.5) is 10.2 Å². The van der Waals surface area contributed by atoms with E-state index in [-0.39, 0.29) is 11.9 Å². The molecule has 7 heteroatoms. The van der Waals surface area contributed by atoms with Gasteiger partial charge in [0, 0.05) is 29.9 Å². The second kappa shape index (κ2) is 6.56. The zero-order valence-corrected chi connectivity index (χ0v) is 12.6. The molecule has 1 saturated heterocycles. The summed E-state index contributed by atoms with van der Waals surface area (Å²) in [6, 6.07) is 6.03. The molecule has 0 spiro atoms. The highest BCUT2D eigenvalue weighted by atomic mass is 35.5. The highest BCUT2D eigenvalue weighted by molar-refractivity contribution is 6.31. The van der Waals surface area contributed by atoms with Crippen LogP contribution in [0, 0.1) is 5.82 Å². The van der Waals surface area contributed by atoms with Crippen molar-refractivity contribution in [3.05, 3.63) is 52.7 Å².